The second kappa shape index (κ2) is 5.68. The fraction of sp³-hybridized carbons (Fsp3) is 0.0714. The molecule has 0 fully saturated rings. The van der Waals surface area contributed by atoms with Crippen LogP contribution < -0.4 is 0 Å². The van der Waals surface area contributed by atoms with Crippen LogP contribution in [-0.2, 0) is 6.42 Å². The Labute approximate surface area is 118 Å². The lowest BCUT2D eigenvalue weighted by Crippen LogP contribution is -2.08. The maximum absolute atomic E-state index is 13.6. The van der Waals surface area contributed by atoms with E-state index in [-0.39, 0.29) is 22.0 Å². The van der Waals surface area contributed by atoms with Crippen molar-refractivity contribution in [2.24, 2.45) is 0 Å². The molecule has 5 heteroatoms. The number of carbonyl (C=O) groups is 1. The summed E-state index contributed by atoms with van der Waals surface area (Å²) in [6, 6.07) is 8.11. The number of rotatable bonds is 3. The van der Waals surface area contributed by atoms with Gasteiger partial charge in [0.05, 0.1) is 15.6 Å². The van der Waals surface area contributed by atoms with Gasteiger partial charge in [0.25, 0.3) is 0 Å². The van der Waals surface area contributed by atoms with Gasteiger partial charge in [-0.1, -0.05) is 41.4 Å². The van der Waals surface area contributed by atoms with Crippen molar-refractivity contribution in [3.63, 3.8) is 0 Å². The molecule has 0 unspecified atom stereocenters. The van der Waals surface area contributed by atoms with Crippen LogP contribution >= 0.6 is 23.2 Å². The molecule has 2 aromatic rings. The van der Waals surface area contributed by atoms with E-state index in [9.17, 15) is 13.6 Å². The number of halogens is 4. The minimum absolute atomic E-state index is 0.0255. The van der Waals surface area contributed by atoms with E-state index in [2.05, 4.69) is 0 Å². The van der Waals surface area contributed by atoms with E-state index in [0.717, 1.165) is 6.07 Å². The van der Waals surface area contributed by atoms with E-state index in [1.54, 1.807) is 0 Å². The van der Waals surface area contributed by atoms with Gasteiger partial charge in [-0.15, -0.1) is 0 Å². The van der Waals surface area contributed by atoms with Gasteiger partial charge < -0.3 is 0 Å². The Kier molecular flexibility index (Phi) is 4.17. The van der Waals surface area contributed by atoms with Gasteiger partial charge in [-0.2, -0.15) is 0 Å². The Balaban J connectivity index is 2.34. The van der Waals surface area contributed by atoms with Crippen LogP contribution in [0.3, 0.4) is 0 Å². The van der Waals surface area contributed by atoms with Crippen LogP contribution in [0.25, 0.3) is 0 Å². The first kappa shape index (κ1) is 14.0. The number of hydrogen-bond donors (Lipinski definition) is 0. The number of benzene rings is 2. The summed E-state index contributed by atoms with van der Waals surface area (Å²) >= 11 is 11.5. The lowest BCUT2D eigenvalue weighted by Gasteiger charge is -2.07. The van der Waals surface area contributed by atoms with Crippen molar-refractivity contribution in [2.75, 3.05) is 0 Å². The fourth-order valence-electron chi connectivity index (χ4n) is 1.71. The van der Waals surface area contributed by atoms with Crippen LogP contribution in [0, 0.1) is 11.6 Å². The largest absolute Gasteiger partial charge is 0.294 e. The SMILES string of the molecule is O=C(Cc1cccc(F)c1Cl)c1c(F)cccc1Cl. The maximum Gasteiger partial charge on any atom is 0.171 e. The smallest absolute Gasteiger partial charge is 0.171 e. The van der Waals surface area contributed by atoms with Crippen LogP contribution in [0.2, 0.25) is 10.0 Å². The minimum Gasteiger partial charge on any atom is -0.294 e. The van der Waals surface area contributed by atoms with E-state index >= 15 is 0 Å². The maximum atomic E-state index is 13.6. The zero-order valence-electron chi connectivity index (χ0n) is 9.59. The lowest BCUT2D eigenvalue weighted by atomic mass is 10.0. The third-order valence-electron chi connectivity index (χ3n) is 2.62. The van der Waals surface area contributed by atoms with E-state index in [0.29, 0.717) is 5.56 Å². The third-order valence-corrected chi connectivity index (χ3v) is 3.36. The van der Waals surface area contributed by atoms with Gasteiger partial charge in [-0.3, -0.25) is 4.79 Å². The van der Waals surface area contributed by atoms with E-state index in [4.69, 9.17) is 23.2 Å². The number of Topliss-reactive ketones (excluding diaryl/α,β-unsaturated/α-hetero) is 1. The second-order valence-corrected chi connectivity index (χ2v) is 4.69. The van der Waals surface area contributed by atoms with Crippen molar-refractivity contribution in [3.8, 4) is 0 Å². The molecule has 0 spiro atoms. The highest BCUT2D eigenvalue weighted by atomic mass is 35.5. The highest BCUT2D eigenvalue weighted by molar-refractivity contribution is 6.34. The summed E-state index contributed by atoms with van der Waals surface area (Å²) in [4.78, 5) is 12.0. The van der Waals surface area contributed by atoms with Crippen LogP contribution in [0.15, 0.2) is 36.4 Å². The Morgan fingerprint density at radius 1 is 1.00 bits per heavy atom. The minimum atomic E-state index is -0.704. The van der Waals surface area contributed by atoms with Crippen LogP contribution in [0.5, 0.6) is 0 Å². The van der Waals surface area contributed by atoms with Crippen molar-refractivity contribution >= 4 is 29.0 Å². The summed E-state index contributed by atoms with van der Waals surface area (Å²) in [5, 5.41) is -0.110. The third kappa shape index (κ3) is 2.94. The lowest BCUT2D eigenvalue weighted by molar-refractivity contribution is 0.0989. The Bertz CT molecular complexity index is 621. The highest BCUT2D eigenvalue weighted by Gasteiger charge is 2.18. The molecule has 0 bridgehead atoms. The van der Waals surface area contributed by atoms with Crippen LogP contribution in [0.1, 0.15) is 15.9 Å². The quantitative estimate of drug-likeness (QED) is 0.751. The van der Waals surface area contributed by atoms with Gasteiger partial charge in [0.15, 0.2) is 5.78 Å². The molecule has 0 heterocycles. The zero-order chi connectivity index (χ0) is 14.0. The van der Waals surface area contributed by atoms with Gasteiger partial charge in [-0.05, 0) is 23.8 Å². The van der Waals surface area contributed by atoms with Crippen molar-refractivity contribution in [1.29, 1.82) is 0 Å². The molecular formula is C14H8Cl2F2O. The van der Waals surface area contributed by atoms with Crippen molar-refractivity contribution in [3.05, 3.63) is 69.2 Å². The average molecular weight is 301 g/mol. The molecule has 0 saturated heterocycles. The Morgan fingerprint density at radius 2 is 1.63 bits per heavy atom. The van der Waals surface area contributed by atoms with E-state index in [1.807, 2.05) is 0 Å². The fourth-order valence-corrected chi connectivity index (χ4v) is 2.17. The topological polar surface area (TPSA) is 17.1 Å². The van der Waals surface area contributed by atoms with Gasteiger partial charge >= 0.3 is 0 Å². The molecule has 0 aromatic heterocycles. The van der Waals surface area contributed by atoms with Crippen molar-refractivity contribution < 1.29 is 13.6 Å². The first-order chi connectivity index (χ1) is 9.00. The summed E-state index contributed by atoms with van der Waals surface area (Å²) in [6.45, 7) is 0. The van der Waals surface area contributed by atoms with Crippen molar-refractivity contribution in [1.82, 2.24) is 0 Å². The zero-order valence-corrected chi connectivity index (χ0v) is 11.1. The molecule has 0 amide bonds. The number of ketones is 1. The van der Waals surface area contributed by atoms with Gasteiger partial charge in [-0.25, -0.2) is 8.78 Å². The second-order valence-electron chi connectivity index (χ2n) is 3.91. The summed E-state index contributed by atoms with van der Waals surface area (Å²) in [7, 11) is 0. The molecule has 19 heavy (non-hydrogen) atoms. The molecule has 0 radical (unpaired) electrons. The summed E-state index contributed by atoms with van der Waals surface area (Å²) in [5.41, 5.74) is 0.0930. The van der Waals surface area contributed by atoms with Crippen LogP contribution in [0.4, 0.5) is 8.78 Å². The van der Waals surface area contributed by atoms with Gasteiger partial charge in [0.1, 0.15) is 11.6 Å². The molecule has 2 rings (SSSR count). The van der Waals surface area contributed by atoms with Crippen LogP contribution in [-0.4, -0.2) is 5.78 Å². The summed E-state index contributed by atoms with van der Waals surface area (Å²) < 4.78 is 26.8. The predicted octanol–water partition coefficient (Wildman–Crippen LogP) is 4.70. The molecule has 0 aliphatic carbocycles. The Morgan fingerprint density at radius 3 is 2.32 bits per heavy atom. The highest BCUT2D eigenvalue weighted by Crippen LogP contribution is 2.24. The van der Waals surface area contributed by atoms with E-state index in [1.165, 1.54) is 30.3 Å². The summed E-state index contributed by atoms with van der Waals surface area (Å²) in [5.74, 6) is -1.87. The molecule has 0 atom stereocenters. The standard InChI is InChI=1S/C14H8Cl2F2O/c15-9-4-2-5-10(17)13(9)12(19)7-8-3-1-6-11(18)14(8)16/h1-6H,7H2. The Hall–Kier alpha value is -1.45. The molecule has 0 aliphatic rings. The molecule has 2 aromatic carbocycles. The summed E-state index contributed by atoms with van der Waals surface area (Å²) in [6.07, 6.45) is -0.211. The van der Waals surface area contributed by atoms with Crippen molar-refractivity contribution in [2.45, 2.75) is 6.42 Å². The molecule has 0 aliphatic heterocycles. The molecule has 98 valence electrons. The van der Waals surface area contributed by atoms with Gasteiger partial charge in [0.2, 0.25) is 0 Å². The molecule has 0 N–H and O–H groups in total. The number of hydrogen-bond acceptors (Lipinski definition) is 1. The first-order valence-electron chi connectivity index (χ1n) is 5.41. The van der Waals surface area contributed by atoms with E-state index < -0.39 is 17.4 Å². The monoisotopic (exact) mass is 300 g/mol. The molecule has 1 nitrogen and oxygen atoms in total. The average Bonchev–Trinajstić information content (AvgIpc) is 2.35. The molecular weight excluding hydrogens is 293 g/mol. The molecule has 0 saturated carbocycles. The number of carbonyl (C=O) groups excluding carboxylic acids is 1. The normalized spacial score (nSPS) is 10.5. The first-order valence-corrected chi connectivity index (χ1v) is 6.16. The van der Waals surface area contributed by atoms with Gasteiger partial charge in [0, 0.05) is 6.42 Å². The predicted molar refractivity (Wildman–Crippen MR) is 70.9 cm³/mol.